The molecule has 0 spiro atoms. The summed E-state index contributed by atoms with van der Waals surface area (Å²) in [5, 5.41) is 19.3. The van der Waals surface area contributed by atoms with Crippen molar-refractivity contribution in [2.75, 3.05) is 0 Å². The highest BCUT2D eigenvalue weighted by molar-refractivity contribution is 5.99. The van der Waals surface area contributed by atoms with Gasteiger partial charge in [0, 0.05) is 0 Å². The van der Waals surface area contributed by atoms with Crippen LogP contribution in [-0.2, 0) is 47.9 Å². The summed E-state index contributed by atoms with van der Waals surface area (Å²) in [6.45, 7) is 34.0. The third-order valence-corrected chi connectivity index (χ3v) is 5.89. The molecule has 0 rings (SSSR count). The lowest BCUT2D eigenvalue weighted by Gasteiger charge is -2.31. The van der Waals surface area contributed by atoms with Crippen LogP contribution in [0.2, 0.25) is 0 Å². The molecule has 0 aromatic rings. The van der Waals surface area contributed by atoms with Crippen molar-refractivity contribution in [3.63, 3.8) is 0 Å². The fourth-order valence-corrected chi connectivity index (χ4v) is 3.03. The molecule has 282 valence electrons. The van der Waals surface area contributed by atoms with Crippen molar-refractivity contribution in [2.45, 2.75) is 60.4 Å². The number of aldehydes is 1. The summed E-state index contributed by atoms with van der Waals surface area (Å²) in [6, 6.07) is -14.1. The van der Waals surface area contributed by atoms with Crippen molar-refractivity contribution in [1.82, 2.24) is 47.9 Å². The van der Waals surface area contributed by atoms with Gasteiger partial charge in [0.05, 0.1) is 0 Å². The molecule has 10 atom stereocenters. The lowest BCUT2D eigenvalue weighted by atomic mass is 10.2. The summed E-state index contributed by atoms with van der Waals surface area (Å²) in [5.41, 5.74) is 5.28. The monoisotopic (exact) mass is 702 g/mol. The normalized spacial score (nSPS) is 16.7. The third-order valence-electron chi connectivity index (χ3n) is 5.89. The summed E-state index contributed by atoms with van der Waals surface area (Å²) in [5.74, 6) is -8.50. The minimum absolute atomic E-state index is 0.349. The van der Waals surface area contributed by atoms with Gasteiger partial charge in [-0.15, -0.1) is 0 Å². The minimum atomic E-state index is -1.55. The van der Waals surface area contributed by atoms with Crippen molar-refractivity contribution >= 4 is 59.5 Å². The van der Waals surface area contributed by atoms with E-state index in [2.05, 4.69) is 117 Å². The molecule has 9 amide bonds. The van der Waals surface area contributed by atoms with Crippen LogP contribution < -0.4 is 53.6 Å². The SMILES string of the molecule is [CH2-][C@H](N)C(=O)N[C@@H]([CH2-])C(=O)N[C@@H]([CH2-])C(=O)N[C@@H]([CH2-])C(=O)N[C@@H]([CH2-])C(=O)N[C@@H]([CH2-])C(=O)N[C@@H]([CH2-])C(=O)N[C@@H]([CH2-])C(=O)N[C@@H]([CH2-])C(=O)N[C@@H]([CH2-])C=O. The summed E-state index contributed by atoms with van der Waals surface area (Å²) >= 11 is 0. The molecule has 0 aliphatic carbocycles. The van der Waals surface area contributed by atoms with Gasteiger partial charge in [0.2, 0.25) is 53.2 Å². The van der Waals surface area contributed by atoms with Gasteiger partial charge in [0.1, 0.15) is 6.29 Å². The number of nitrogens with two attached hydrogens (primary N) is 1. The van der Waals surface area contributed by atoms with Crippen LogP contribution in [0, 0.1) is 69.2 Å². The lowest BCUT2D eigenvalue weighted by Crippen LogP contribution is -2.58. The summed E-state index contributed by atoms with van der Waals surface area (Å²) in [7, 11) is 0. The molecule has 0 bridgehead atoms. The Balaban J connectivity index is 4.84. The molecule has 0 aromatic heterocycles. The number of hydrogen-bond acceptors (Lipinski definition) is 11. The predicted molar refractivity (Wildman–Crippen MR) is 175 cm³/mol. The van der Waals surface area contributed by atoms with Gasteiger partial charge in [0.25, 0.3) is 0 Å². The number of nitrogens with one attached hydrogen (secondary N) is 9. The Morgan fingerprint density at radius 1 is 0.340 bits per heavy atom. The fraction of sp³-hybridized carbons (Fsp3) is 0.333. The summed E-state index contributed by atoms with van der Waals surface area (Å²) in [6.07, 6.45) is 0.349. The Morgan fingerprint density at radius 3 is 0.660 bits per heavy atom. The van der Waals surface area contributed by atoms with Gasteiger partial charge < -0.3 is 128 Å². The van der Waals surface area contributed by atoms with E-state index in [1.54, 1.807) is 0 Å². The number of carbonyl (C=O) groups is 10. The molecule has 0 aromatic carbocycles. The van der Waals surface area contributed by atoms with Crippen LogP contribution >= 0.6 is 0 Å². The van der Waals surface area contributed by atoms with Crippen LogP contribution in [0.3, 0.4) is 0 Å². The summed E-state index contributed by atoms with van der Waals surface area (Å²) in [4.78, 5) is 120. The molecular formula is C30H42N10O10-10. The Labute approximate surface area is 290 Å². The van der Waals surface area contributed by atoms with Gasteiger partial charge in [0.15, 0.2) is 0 Å². The Kier molecular flexibility index (Phi) is 18.9. The lowest BCUT2D eigenvalue weighted by molar-refractivity contribution is -0.133. The van der Waals surface area contributed by atoms with E-state index >= 15 is 0 Å². The van der Waals surface area contributed by atoms with Crippen LogP contribution in [0.5, 0.6) is 0 Å². The number of rotatable bonds is 19. The Bertz CT molecular complexity index is 1290. The maximum Gasteiger partial charge on any atom is 0.209 e. The van der Waals surface area contributed by atoms with E-state index in [0.717, 1.165) is 0 Å². The quantitative estimate of drug-likeness (QED) is 0.0446. The molecule has 0 aliphatic rings. The predicted octanol–water partition coefficient (Wildman–Crippen LogP) is -6.78. The largest absolute Gasteiger partial charge is 0.377 e. The van der Waals surface area contributed by atoms with Crippen LogP contribution in [0.1, 0.15) is 0 Å². The van der Waals surface area contributed by atoms with E-state index in [4.69, 9.17) is 5.73 Å². The third kappa shape index (κ3) is 15.8. The van der Waals surface area contributed by atoms with Crippen LogP contribution in [0.25, 0.3) is 0 Å². The number of amides is 9. The zero-order chi connectivity index (χ0) is 39.0. The molecule has 0 fully saturated rings. The van der Waals surface area contributed by atoms with E-state index in [0.29, 0.717) is 6.29 Å². The van der Waals surface area contributed by atoms with Gasteiger partial charge >= 0.3 is 0 Å². The standard InChI is InChI=1S/C30H42N10O10/c1-12(11-41)32-23(43)14(3)34-25(45)16(5)36-27(47)18(7)38-29(49)20(9)40-30(50)21(10)39-28(48)19(8)37-26(46)17(6)35-24(44)15(4)33-22(42)13(2)31/h11-21H,1-10,31H2,(H,32,43)(H,33,42)(H,34,45)(H,35,44)(H,36,47)(H,37,46)(H,38,49)(H,39,48)(H,40,50)/q-10/t12-,13-,14-,15-,16-,17-,18-,19-,20-,21-/m0/s1. The first-order chi connectivity index (χ1) is 23.0. The number of carbonyl (C=O) groups excluding carboxylic acids is 10. The average molecular weight is 703 g/mol. The molecule has 11 N–H and O–H groups in total. The van der Waals surface area contributed by atoms with Crippen molar-refractivity contribution in [3.05, 3.63) is 69.2 Å². The molecular weight excluding hydrogens is 660 g/mol. The highest BCUT2D eigenvalue weighted by atomic mass is 16.2. The summed E-state index contributed by atoms with van der Waals surface area (Å²) < 4.78 is 0. The van der Waals surface area contributed by atoms with Crippen LogP contribution in [0.15, 0.2) is 0 Å². The van der Waals surface area contributed by atoms with Gasteiger partial charge in [-0.1, -0.05) is 0 Å². The minimum Gasteiger partial charge on any atom is -0.377 e. The molecule has 50 heavy (non-hydrogen) atoms. The first kappa shape index (κ1) is 44.9. The van der Waals surface area contributed by atoms with Gasteiger partial charge in [-0.05, 0) is 60.4 Å². The van der Waals surface area contributed by atoms with Crippen molar-refractivity contribution in [3.8, 4) is 0 Å². The molecule has 0 unspecified atom stereocenters. The number of hydrogen-bond donors (Lipinski definition) is 10. The molecule has 20 nitrogen and oxygen atoms in total. The molecule has 0 heterocycles. The van der Waals surface area contributed by atoms with E-state index < -0.39 is 114 Å². The fourth-order valence-electron chi connectivity index (χ4n) is 3.03. The first-order valence-electron chi connectivity index (χ1n) is 14.3. The highest BCUT2D eigenvalue weighted by Crippen LogP contribution is 1.95. The Hall–Kier alpha value is -5.14. The zero-order valence-corrected chi connectivity index (χ0v) is 27.1. The van der Waals surface area contributed by atoms with Crippen molar-refractivity contribution in [2.24, 2.45) is 5.73 Å². The van der Waals surface area contributed by atoms with Crippen molar-refractivity contribution < 1.29 is 47.9 Å². The van der Waals surface area contributed by atoms with E-state index in [1.165, 1.54) is 0 Å². The maximum atomic E-state index is 12.5. The maximum absolute atomic E-state index is 12.5. The van der Waals surface area contributed by atoms with Crippen LogP contribution in [0.4, 0.5) is 0 Å². The highest BCUT2D eigenvalue weighted by Gasteiger charge is 2.21. The topological polar surface area (TPSA) is 305 Å². The zero-order valence-electron chi connectivity index (χ0n) is 27.1. The molecule has 0 aliphatic heterocycles. The average Bonchev–Trinajstić information content (AvgIpc) is 3.03. The molecule has 0 saturated carbocycles. The van der Waals surface area contributed by atoms with E-state index in [1.807, 2.05) is 0 Å². The van der Waals surface area contributed by atoms with Gasteiger partial charge in [-0.3, -0.25) is 43.2 Å². The van der Waals surface area contributed by atoms with Crippen molar-refractivity contribution in [1.29, 1.82) is 0 Å². The van der Waals surface area contributed by atoms with Gasteiger partial charge in [-0.2, -0.15) is 0 Å². The van der Waals surface area contributed by atoms with Gasteiger partial charge in [-0.25, -0.2) is 0 Å². The van der Waals surface area contributed by atoms with Crippen LogP contribution in [-0.4, -0.2) is 120 Å². The second-order valence-electron chi connectivity index (χ2n) is 10.3. The van der Waals surface area contributed by atoms with E-state index in [9.17, 15) is 47.9 Å². The molecule has 0 saturated heterocycles. The van der Waals surface area contributed by atoms with E-state index in [-0.39, 0.29) is 0 Å². The second kappa shape index (κ2) is 21.1. The molecule has 20 heteroatoms. The first-order valence-corrected chi connectivity index (χ1v) is 14.3. The molecule has 0 radical (unpaired) electrons. The second-order valence-corrected chi connectivity index (χ2v) is 10.3. The smallest absolute Gasteiger partial charge is 0.209 e. The Morgan fingerprint density at radius 2 is 0.500 bits per heavy atom.